The summed E-state index contributed by atoms with van der Waals surface area (Å²) < 4.78 is 5.10. The molecule has 4 N–H and O–H groups in total. The molecule has 1 aromatic rings. The van der Waals surface area contributed by atoms with Gasteiger partial charge in [-0.25, -0.2) is 5.84 Å². The first-order valence-electron chi connectivity index (χ1n) is 6.54. The van der Waals surface area contributed by atoms with Crippen molar-refractivity contribution in [2.45, 2.75) is 32.4 Å². The van der Waals surface area contributed by atoms with Crippen LogP contribution in [-0.4, -0.2) is 41.0 Å². The predicted octanol–water partition coefficient (Wildman–Crippen LogP) is -0.621. The number of rotatable bonds is 4. The Morgan fingerprint density at radius 3 is 2.80 bits per heavy atom. The molecule has 2 heterocycles. The zero-order valence-electron chi connectivity index (χ0n) is 11.4. The lowest BCUT2D eigenvalue weighted by Gasteiger charge is -2.31. The van der Waals surface area contributed by atoms with Crippen molar-refractivity contribution < 1.29 is 14.1 Å². The standard InChI is InChI=1S/C12H19N5O3/c1-8(18)14-9-2-4-17(5-3-9)7-10-6-11(16-20-10)12(19)15-13/h6,9H,2-5,7,13H2,1H3,(H,14,18)(H,15,19). The molecule has 1 saturated heterocycles. The third kappa shape index (κ3) is 3.78. The molecule has 0 atom stereocenters. The van der Waals surface area contributed by atoms with Crippen molar-refractivity contribution in [2.75, 3.05) is 13.1 Å². The van der Waals surface area contributed by atoms with Gasteiger partial charge >= 0.3 is 0 Å². The van der Waals surface area contributed by atoms with Gasteiger partial charge in [0.15, 0.2) is 11.5 Å². The Kier molecular flexibility index (Phi) is 4.70. The van der Waals surface area contributed by atoms with E-state index in [9.17, 15) is 9.59 Å². The van der Waals surface area contributed by atoms with Crippen molar-refractivity contribution in [3.63, 3.8) is 0 Å². The molecule has 1 aliphatic rings. The highest BCUT2D eigenvalue weighted by Gasteiger charge is 2.21. The van der Waals surface area contributed by atoms with Gasteiger partial charge < -0.3 is 9.84 Å². The van der Waals surface area contributed by atoms with Gasteiger partial charge in [0, 0.05) is 32.1 Å². The Hall–Kier alpha value is -1.93. The molecule has 0 spiro atoms. The fourth-order valence-electron chi connectivity index (χ4n) is 2.31. The van der Waals surface area contributed by atoms with Gasteiger partial charge in [-0.1, -0.05) is 5.16 Å². The van der Waals surface area contributed by atoms with E-state index >= 15 is 0 Å². The van der Waals surface area contributed by atoms with E-state index in [1.54, 1.807) is 6.07 Å². The summed E-state index contributed by atoms with van der Waals surface area (Å²) in [6, 6.07) is 1.83. The first-order chi connectivity index (χ1) is 9.58. The van der Waals surface area contributed by atoms with Crippen LogP contribution in [-0.2, 0) is 11.3 Å². The molecule has 2 amide bonds. The van der Waals surface area contributed by atoms with Gasteiger partial charge in [-0.05, 0) is 12.8 Å². The molecule has 2 rings (SSSR count). The zero-order chi connectivity index (χ0) is 14.5. The van der Waals surface area contributed by atoms with Crippen LogP contribution in [0.2, 0.25) is 0 Å². The van der Waals surface area contributed by atoms with E-state index in [1.807, 2.05) is 5.43 Å². The summed E-state index contributed by atoms with van der Waals surface area (Å²) in [5, 5.41) is 6.58. The Balaban J connectivity index is 1.82. The van der Waals surface area contributed by atoms with Crippen LogP contribution < -0.4 is 16.6 Å². The third-order valence-electron chi connectivity index (χ3n) is 3.30. The maximum Gasteiger partial charge on any atom is 0.287 e. The summed E-state index contributed by atoms with van der Waals surface area (Å²) in [5.74, 6) is 5.20. The number of carbonyl (C=O) groups is 2. The minimum absolute atomic E-state index is 0.0103. The van der Waals surface area contributed by atoms with E-state index < -0.39 is 5.91 Å². The number of nitrogens with zero attached hydrogens (tertiary/aromatic N) is 2. The number of aromatic nitrogens is 1. The fourth-order valence-corrected chi connectivity index (χ4v) is 2.31. The average molecular weight is 281 g/mol. The Labute approximate surface area is 116 Å². The maximum absolute atomic E-state index is 11.3. The van der Waals surface area contributed by atoms with Crippen molar-refractivity contribution in [3.8, 4) is 0 Å². The second kappa shape index (κ2) is 6.49. The largest absolute Gasteiger partial charge is 0.359 e. The van der Waals surface area contributed by atoms with E-state index in [2.05, 4.69) is 15.4 Å². The number of hydrazine groups is 1. The number of nitrogens with one attached hydrogen (secondary N) is 2. The second-order valence-corrected chi connectivity index (χ2v) is 4.90. The monoisotopic (exact) mass is 281 g/mol. The van der Waals surface area contributed by atoms with Crippen LogP contribution in [0.4, 0.5) is 0 Å². The summed E-state index contributed by atoms with van der Waals surface area (Å²) in [6.07, 6.45) is 1.81. The van der Waals surface area contributed by atoms with E-state index in [4.69, 9.17) is 10.4 Å². The quantitative estimate of drug-likeness (QED) is 0.385. The van der Waals surface area contributed by atoms with Crippen LogP contribution in [0.1, 0.15) is 36.0 Å². The molecule has 0 aliphatic carbocycles. The molecule has 1 aliphatic heterocycles. The Morgan fingerprint density at radius 2 is 2.20 bits per heavy atom. The molecule has 8 heteroatoms. The van der Waals surface area contributed by atoms with E-state index in [1.165, 1.54) is 6.92 Å². The van der Waals surface area contributed by atoms with Crippen LogP contribution in [0.25, 0.3) is 0 Å². The number of piperidine rings is 1. The molecule has 110 valence electrons. The molecule has 1 fully saturated rings. The van der Waals surface area contributed by atoms with Crippen molar-refractivity contribution in [2.24, 2.45) is 5.84 Å². The normalized spacial score (nSPS) is 16.9. The molecule has 0 saturated carbocycles. The SMILES string of the molecule is CC(=O)NC1CCN(Cc2cc(C(=O)NN)no2)CC1. The van der Waals surface area contributed by atoms with E-state index in [0.29, 0.717) is 12.3 Å². The van der Waals surface area contributed by atoms with Crippen LogP contribution in [0.3, 0.4) is 0 Å². The summed E-state index contributed by atoms with van der Waals surface area (Å²) in [7, 11) is 0. The van der Waals surface area contributed by atoms with Gasteiger partial charge in [-0.2, -0.15) is 0 Å². The van der Waals surface area contributed by atoms with Crippen molar-refractivity contribution in [1.29, 1.82) is 0 Å². The Bertz CT molecular complexity index is 479. The highest BCUT2D eigenvalue weighted by molar-refractivity contribution is 5.91. The van der Waals surface area contributed by atoms with Crippen molar-refractivity contribution in [1.82, 2.24) is 20.8 Å². The topological polar surface area (TPSA) is 113 Å². The van der Waals surface area contributed by atoms with Gasteiger partial charge in [0.25, 0.3) is 5.91 Å². The lowest BCUT2D eigenvalue weighted by molar-refractivity contribution is -0.120. The number of amides is 2. The van der Waals surface area contributed by atoms with Gasteiger partial charge in [0.2, 0.25) is 5.91 Å². The van der Waals surface area contributed by atoms with Crippen LogP contribution >= 0.6 is 0 Å². The number of nitrogens with two attached hydrogens (primary N) is 1. The first kappa shape index (κ1) is 14.5. The molecule has 8 nitrogen and oxygen atoms in total. The maximum atomic E-state index is 11.3. The highest BCUT2D eigenvalue weighted by atomic mass is 16.5. The molecule has 0 aromatic carbocycles. The molecule has 1 aromatic heterocycles. The summed E-state index contributed by atoms with van der Waals surface area (Å²) >= 11 is 0. The number of likely N-dealkylation sites (tertiary alicyclic amines) is 1. The van der Waals surface area contributed by atoms with Gasteiger partial charge in [-0.15, -0.1) is 0 Å². The smallest absolute Gasteiger partial charge is 0.287 e. The number of nitrogen functional groups attached to an aromatic ring is 1. The average Bonchev–Trinajstić information content (AvgIpc) is 2.88. The number of hydrogen-bond donors (Lipinski definition) is 3. The lowest BCUT2D eigenvalue weighted by atomic mass is 10.0. The predicted molar refractivity (Wildman–Crippen MR) is 70.3 cm³/mol. The summed E-state index contributed by atoms with van der Waals surface area (Å²) in [6.45, 7) is 3.86. The fraction of sp³-hybridized carbons (Fsp3) is 0.583. The second-order valence-electron chi connectivity index (χ2n) is 4.90. The minimum atomic E-state index is -0.468. The summed E-state index contributed by atoms with van der Waals surface area (Å²) in [4.78, 5) is 24.4. The molecule has 0 unspecified atom stereocenters. The third-order valence-corrected chi connectivity index (χ3v) is 3.30. The highest BCUT2D eigenvalue weighted by Crippen LogP contribution is 2.14. The van der Waals surface area contributed by atoms with Gasteiger partial charge in [0.05, 0.1) is 6.54 Å². The van der Waals surface area contributed by atoms with Crippen LogP contribution in [0.5, 0.6) is 0 Å². The van der Waals surface area contributed by atoms with Gasteiger partial charge in [-0.3, -0.25) is 19.9 Å². The first-order valence-corrected chi connectivity index (χ1v) is 6.54. The minimum Gasteiger partial charge on any atom is -0.359 e. The molecular weight excluding hydrogens is 262 g/mol. The lowest BCUT2D eigenvalue weighted by Crippen LogP contribution is -2.43. The van der Waals surface area contributed by atoms with Crippen LogP contribution in [0, 0.1) is 0 Å². The van der Waals surface area contributed by atoms with Gasteiger partial charge in [0.1, 0.15) is 0 Å². The van der Waals surface area contributed by atoms with Crippen molar-refractivity contribution in [3.05, 3.63) is 17.5 Å². The molecule has 0 bridgehead atoms. The van der Waals surface area contributed by atoms with Crippen molar-refractivity contribution >= 4 is 11.8 Å². The van der Waals surface area contributed by atoms with Crippen LogP contribution in [0.15, 0.2) is 10.6 Å². The summed E-state index contributed by atoms with van der Waals surface area (Å²) in [5.41, 5.74) is 2.18. The zero-order valence-corrected chi connectivity index (χ0v) is 11.4. The Morgan fingerprint density at radius 1 is 1.50 bits per heavy atom. The number of carbonyl (C=O) groups excluding carboxylic acids is 2. The molecule has 0 radical (unpaired) electrons. The molecular formula is C12H19N5O3. The molecule has 20 heavy (non-hydrogen) atoms. The number of hydrogen-bond acceptors (Lipinski definition) is 6. The van der Waals surface area contributed by atoms with E-state index in [-0.39, 0.29) is 17.6 Å². The van der Waals surface area contributed by atoms with E-state index in [0.717, 1.165) is 25.9 Å².